The number of aryl methyl sites for hydroxylation is 2. The van der Waals surface area contributed by atoms with E-state index >= 15 is 0 Å². The van der Waals surface area contributed by atoms with Crippen LogP contribution in [0.2, 0.25) is 0 Å². The van der Waals surface area contributed by atoms with Crippen molar-refractivity contribution in [3.05, 3.63) is 23.3 Å². The number of rotatable bonds is 2. The van der Waals surface area contributed by atoms with Gasteiger partial charge in [0.25, 0.3) is 0 Å². The van der Waals surface area contributed by atoms with Gasteiger partial charge in [0, 0.05) is 29.9 Å². The summed E-state index contributed by atoms with van der Waals surface area (Å²) in [6, 6.07) is 0. The average Bonchev–Trinajstić information content (AvgIpc) is 2.24. The topological polar surface area (TPSA) is 46.1 Å². The van der Waals surface area contributed by atoms with E-state index in [1.165, 1.54) is 0 Å². The van der Waals surface area contributed by atoms with Crippen LogP contribution < -0.4 is 0 Å². The molecule has 0 aromatic carbocycles. The first kappa shape index (κ1) is 11.2. The Morgan fingerprint density at radius 3 is 2.62 bits per heavy atom. The summed E-state index contributed by atoms with van der Waals surface area (Å²) in [5.74, 6) is 0.346. The van der Waals surface area contributed by atoms with Gasteiger partial charge in [0.1, 0.15) is 12.1 Å². The van der Waals surface area contributed by atoms with Gasteiger partial charge in [-0.2, -0.15) is 0 Å². The second-order valence-corrected chi connectivity index (χ2v) is 4.38. The van der Waals surface area contributed by atoms with Crippen molar-refractivity contribution in [3.8, 4) is 0 Å². The molecule has 2 rings (SSSR count). The second kappa shape index (κ2) is 4.70. The van der Waals surface area contributed by atoms with Crippen molar-refractivity contribution >= 4 is 5.78 Å². The van der Waals surface area contributed by atoms with E-state index in [1.54, 1.807) is 6.33 Å². The Kier molecular flexibility index (Phi) is 3.29. The fourth-order valence-corrected chi connectivity index (χ4v) is 2.11. The van der Waals surface area contributed by atoms with Crippen LogP contribution in [0.25, 0.3) is 0 Å². The van der Waals surface area contributed by atoms with E-state index in [9.17, 15) is 4.79 Å². The average molecular weight is 219 g/mol. The van der Waals surface area contributed by atoms with Crippen molar-refractivity contribution in [2.24, 2.45) is 0 Å². The first-order valence-electron chi connectivity index (χ1n) is 5.68. The van der Waals surface area contributed by atoms with Crippen LogP contribution in [0.5, 0.6) is 0 Å². The molecule has 4 heteroatoms. The highest BCUT2D eigenvalue weighted by molar-refractivity contribution is 5.81. The normalized spacial score (nSPS) is 17.8. The second-order valence-electron chi connectivity index (χ2n) is 4.38. The van der Waals surface area contributed by atoms with Gasteiger partial charge < -0.3 is 0 Å². The summed E-state index contributed by atoms with van der Waals surface area (Å²) in [6.07, 6.45) is 3.31. The fourth-order valence-electron chi connectivity index (χ4n) is 2.11. The van der Waals surface area contributed by atoms with E-state index < -0.39 is 0 Å². The van der Waals surface area contributed by atoms with Crippen LogP contribution in [-0.4, -0.2) is 33.7 Å². The van der Waals surface area contributed by atoms with Crippen molar-refractivity contribution in [1.82, 2.24) is 14.9 Å². The predicted octanol–water partition coefficient (Wildman–Crippen LogP) is 1.26. The molecule has 1 aliphatic rings. The Morgan fingerprint density at radius 2 is 2.00 bits per heavy atom. The molecule has 0 atom stereocenters. The molecule has 1 saturated heterocycles. The van der Waals surface area contributed by atoms with Crippen molar-refractivity contribution < 1.29 is 4.79 Å². The van der Waals surface area contributed by atoms with Crippen LogP contribution in [0.4, 0.5) is 0 Å². The third-order valence-electron chi connectivity index (χ3n) is 3.09. The van der Waals surface area contributed by atoms with Gasteiger partial charge in [-0.25, -0.2) is 9.97 Å². The van der Waals surface area contributed by atoms with Gasteiger partial charge >= 0.3 is 0 Å². The molecule has 0 radical (unpaired) electrons. The zero-order valence-electron chi connectivity index (χ0n) is 9.86. The summed E-state index contributed by atoms with van der Waals surface area (Å²) in [5, 5.41) is 0. The number of hydrogen-bond acceptors (Lipinski definition) is 4. The van der Waals surface area contributed by atoms with Crippen molar-refractivity contribution in [2.75, 3.05) is 13.1 Å². The summed E-state index contributed by atoms with van der Waals surface area (Å²) in [5.41, 5.74) is 3.20. The molecule has 0 unspecified atom stereocenters. The zero-order valence-corrected chi connectivity index (χ0v) is 9.86. The molecule has 1 aromatic rings. The Morgan fingerprint density at radius 1 is 1.31 bits per heavy atom. The van der Waals surface area contributed by atoms with Gasteiger partial charge in [-0.15, -0.1) is 0 Å². The molecule has 1 aliphatic heterocycles. The Labute approximate surface area is 95.7 Å². The van der Waals surface area contributed by atoms with Crippen molar-refractivity contribution in [1.29, 1.82) is 0 Å². The standard InChI is InChI=1S/C12H17N3O/c1-9-12(10(2)14-8-13-9)7-15-5-3-4-11(16)6-15/h8H,3-7H2,1-2H3. The maximum absolute atomic E-state index is 11.4. The molecule has 0 bridgehead atoms. The SMILES string of the molecule is Cc1ncnc(C)c1CN1CCCC(=O)C1. The Hall–Kier alpha value is -1.29. The van der Waals surface area contributed by atoms with Crippen LogP contribution >= 0.6 is 0 Å². The molecular weight excluding hydrogens is 202 g/mol. The number of carbonyl (C=O) groups excluding carboxylic acids is 1. The van der Waals surface area contributed by atoms with Crippen LogP contribution in [-0.2, 0) is 11.3 Å². The molecule has 0 aliphatic carbocycles. The molecule has 86 valence electrons. The molecule has 16 heavy (non-hydrogen) atoms. The van der Waals surface area contributed by atoms with Crippen LogP contribution in [0.15, 0.2) is 6.33 Å². The summed E-state index contributed by atoms with van der Waals surface area (Å²) >= 11 is 0. The highest BCUT2D eigenvalue weighted by atomic mass is 16.1. The fraction of sp³-hybridized carbons (Fsp3) is 0.583. The molecule has 1 fully saturated rings. The number of piperidine rings is 1. The molecule has 0 spiro atoms. The minimum atomic E-state index is 0.346. The molecule has 2 heterocycles. The third kappa shape index (κ3) is 2.44. The number of aromatic nitrogens is 2. The number of Topliss-reactive ketones (excluding diaryl/α,β-unsaturated/α-hetero) is 1. The molecule has 0 N–H and O–H groups in total. The summed E-state index contributed by atoms with van der Waals surface area (Å²) in [7, 11) is 0. The summed E-state index contributed by atoms with van der Waals surface area (Å²) < 4.78 is 0. The van der Waals surface area contributed by atoms with E-state index in [0.29, 0.717) is 12.3 Å². The smallest absolute Gasteiger partial charge is 0.146 e. The van der Waals surface area contributed by atoms with Crippen LogP contribution in [0.3, 0.4) is 0 Å². The first-order chi connectivity index (χ1) is 7.66. The lowest BCUT2D eigenvalue weighted by molar-refractivity contribution is -0.122. The predicted molar refractivity (Wildman–Crippen MR) is 61.0 cm³/mol. The molecule has 1 aromatic heterocycles. The number of hydrogen-bond donors (Lipinski definition) is 0. The number of carbonyl (C=O) groups is 1. The highest BCUT2D eigenvalue weighted by Gasteiger charge is 2.18. The van der Waals surface area contributed by atoms with E-state index in [-0.39, 0.29) is 0 Å². The van der Waals surface area contributed by atoms with Gasteiger partial charge in [0.15, 0.2) is 0 Å². The minimum Gasteiger partial charge on any atom is -0.298 e. The molecule has 0 saturated carbocycles. The highest BCUT2D eigenvalue weighted by Crippen LogP contribution is 2.14. The number of likely N-dealkylation sites (tertiary alicyclic amines) is 1. The zero-order chi connectivity index (χ0) is 11.5. The van der Waals surface area contributed by atoms with E-state index in [2.05, 4.69) is 14.9 Å². The van der Waals surface area contributed by atoms with Crippen LogP contribution in [0, 0.1) is 13.8 Å². The van der Waals surface area contributed by atoms with Gasteiger partial charge in [-0.05, 0) is 26.8 Å². The van der Waals surface area contributed by atoms with E-state index in [0.717, 1.165) is 42.9 Å². The molecule has 0 amide bonds. The maximum atomic E-state index is 11.4. The van der Waals surface area contributed by atoms with Crippen molar-refractivity contribution in [2.45, 2.75) is 33.2 Å². The molecular formula is C12H17N3O. The monoisotopic (exact) mass is 219 g/mol. The van der Waals surface area contributed by atoms with Crippen molar-refractivity contribution in [3.63, 3.8) is 0 Å². The minimum absolute atomic E-state index is 0.346. The number of ketones is 1. The quantitative estimate of drug-likeness (QED) is 0.751. The maximum Gasteiger partial charge on any atom is 0.146 e. The Balaban J connectivity index is 2.11. The number of nitrogens with zero attached hydrogens (tertiary/aromatic N) is 3. The lowest BCUT2D eigenvalue weighted by atomic mass is 10.1. The Bertz CT molecular complexity index is 383. The van der Waals surface area contributed by atoms with Gasteiger partial charge in [0.2, 0.25) is 0 Å². The lowest BCUT2D eigenvalue weighted by Crippen LogP contribution is -2.35. The van der Waals surface area contributed by atoms with Gasteiger partial charge in [-0.1, -0.05) is 0 Å². The lowest BCUT2D eigenvalue weighted by Gasteiger charge is -2.26. The molecule has 4 nitrogen and oxygen atoms in total. The van der Waals surface area contributed by atoms with Gasteiger partial charge in [-0.3, -0.25) is 9.69 Å². The van der Waals surface area contributed by atoms with Crippen LogP contribution in [0.1, 0.15) is 29.8 Å². The van der Waals surface area contributed by atoms with Gasteiger partial charge in [0.05, 0.1) is 6.54 Å². The first-order valence-corrected chi connectivity index (χ1v) is 5.68. The van der Waals surface area contributed by atoms with E-state index in [1.807, 2.05) is 13.8 Å². The largest absolute Gasteiger partial charge is 0.298 e. The third-order valence-corrected chi connectivity index (χ3v) is 3.09. The summed E-state index contributed by atoms with van der Waals surface area (Å²) in [6.45, 7) is 6.36. The van der Waals surface area contributed by atoms with E-state index in [4.69, 9.17) is 0 Å². The summed E-state index contributed by atoms with van der Waals surface area (Å²) in [4.78, 5) is 21.9.